The molecule has 0 atom stereocenters. The first-order chi connectivity index (χ1) is 9.24. The molecule has 0 spiro atoms. The molecule has 3 rings (SSSR count). The van der Waals surface area contributed by atoms with Crippen molar-refractivity contribution in [3.05, 3.63) is 42.5 Å². The van der Waals surface area contributed by atoms with Crippen LogP contribution in [0.5, 0.6) is 0 Å². The Hall–Kier alpha value is -2.76. The summed E-state index contributed by atoms with van der Waals surface area (Å²) < 4.78 is 0. The number of aromatic amines is 1. The standard InChI is InChI=1S/C13H11N5O/c1-8(19)9-3-2-4-10(5-9)18-13-11-12(15-6-14-11)16-7-17-13/h2-7H,1H3,(H2,14,15,16,17,18). The molecule has 2 aromatic heterocycles. The maximum Gasteiger partial charge on any atom is 0.182 e. The molecule has 0 aliphatic heterocycles. The van der Waals surface area contributed by atoms with Gasteiger partial charge in [0.25, 0.3) is 0 Å². The fourth-order valence-electron chi connectivity index (χ4n) is 1.81. The smallest absolute Gasteiger partial charge is 0.182 e. The highest BCUT2D eigenvalue weighted by molar-refractivity contribution is 5.95. The highest BCUT2D eigenvalue weighted by Crippen LogP contribution is 2.20. The molecule has 6 heteroatoms. The van der Waals surface area contributed by atoms with Gasteiger partial charge >= 0.3 is 0 Å². The quantitative estimate of drug-likeness (QED) is 0.700. The molecule has 2 heterocycles. The van der Waals surface area contributed by atoms with E-state index in [4.69, 9.17) is 0 Å². The molecule has 19 heavy (non-hydrogen) atoms. The van der Waals surface area contributed by atoms with Crippen LogP contribution in [0.3, 0.4) is 0 Å². The van der Waals surface area contributed by atoms with Crippen molar-refractivity contribution < 1.29 is 4.79 Å². The molecule has 94 valence electrons. The van der Waals surface area contributed by atoms with Crippen LogP contribution in [-0.2, 0) is 0 Å². The molecule has 0 amide bonds. The van der Waals surface area contributed by atoms with Gasteiger partial charge in [-0.25, -0.2) is 15.0 Å². The first kappa shape index (κ1) is 11.3. The summed E-state index contributed by atoms with van der Waals surface area (Å²) in [6.45, 7) is 1.54. The van der Waals surface area contributed by atoms with Crippen LogP contribution in [0.15, 0.2) is 36.9 Å². The summed E-state index contributed by atoms with van der Waals surface area (Å²) >= 11 is 0. The predicted molar refractivity (Wildman–Crippen MR) is 71.4 cm³/mol. The first-order valence-electron chi connectivity index (χ1n) is 5.76. The average molecular weight is 253 g/mol. The van der Waals surface area contributed by atoms with Gasteiger partial charge in [0.05, 0.1) is 6.33 Å². The Morgan fingerprint density at radius 2 is 2.16 bits per heavy atom. The molecule has 0 fully saturated rings. The van der Waals surface area contributed by atoms with Crippen molar-refractivity contribution in [2.24, 2.45) is 0 Å². The zero-order valence-corrected chi connectivity index (χ0v) is 10.2. The van der Waals surface area contributed by atoms with Gasteiger partial charge in [-0.1, -0.05) is 12.1 Å². The van der Waals surface area contributed by atoms with E-state index in [1.807, 2.05) is 12.1 Å². The Morgan fingerprint density at radius 1 is 1.26 bits per heavy atom. The lowest BCUT2D eigenvalue weighted by molar-refractivity contribution is 0.101. The van der Waals surface area contributed by atoms with Crippen LogP contribution in [0.25, 0.3) is 11.2 Å². The summed E-state index contributed by atoms with van der Waals surface area (Å²) in [6.07, 6.45) is 3.01. The third-order valence-electron chi connectivity index (χ3n) is 2.75. The molecule has 0 bridgehead atoms. The van der Waals surface area contributed by atoms with Crippen LogP contribution in [0.1, 0.15) is 17.3 Å². The number of carbonyl (C=O) groups excluding carboxylic acids is 1. The van der Waals surface area contributed by atoms with E-state index < -0.39 is 0 Å². The van der Waals surface area contributed by atoms with E-state index >= 15 is 0 Å². The number of fused-ring (bicyclic) bond motifs is 1. The van der Waals surface area contributed by atoms with Gasteiger partial charge in [-0.05, 0) is 19.1 Å². The Balaban J connectivity index is 1.99. The van der Waals surface area contributed by atoms with E-state index in [0.29, 0.717) is 17.0 Å². The summed E-state index contributed by atoms with van der Waals surface area (Å²) in [5.74, 6) is 0.654. The first-order valence-corrected chi connectivity index (χ1v) is 5.76. The van der Waals surface area contributed by atoms with Gasteiger partial charge in [0, 0.05) is 11.3 Å². The summed E-state index contributed by atoms with van der Waals surface area (Å²) in [5.41, 5.74) is 2.78. The second-order valence-corrected chi connectivity index (χ2v) is 4.09. The number of hydrogen-bond donors (Lipinski definition) is 2. The Bertz CT molecular complexity index is 749. The van der Waals surface area contributed by atoms with Gasteiger partial charge in [0.15, 0.2) is 17.2 Å². The van der Waals surface area contributed by atoms with Crippen LogP contribution >= 0.6 is 0 Å². The number of ketones is 1. The van der Waals surface area contributed by atoms with E-state index in [2.05, 4.69) is 25.3 Å². The van der Waals surface area contributed by atoms with Gasteiger partial charge in [-0.3, -0.25) is 4.79 Å². The van der Waals surface area contributed by atoms with E-state index in [1.165, 1.54) is 13.3 Å². The van der Waals surface area contributed by atoms with Crippen molar-refractivity contribution in [1.82, 2.24) is 19.9 Å². The second kappa shape index (κ2) is 4.49. The molecule has 2 N–H and O–H groups in total. The zero-order chi connectivity index (χ0) is 13.2. The minimum absolute atomic E-state index is 0.0259. The summed E-state index contributed by atoms with van der Waals surface area (Å²) in [7, 11) is 0. The minimum atomic E-state index is 0.0259. The third kappa shape index (κ3) is 2.15. The Labute approximate surface area is 108 Å². The molecule has 0 unspecified atom stereocenters. The maximum atomic E-state index is 11.4. The zero-order valence-electron chi connectivity index (χ0n) is 10.2. The fourth-order valence-corrected chi connectivity index (χ4v) is 1.81. The van der Waals surface area contributed by atoms with Gasteiger partial charge < -0.3 is 10.3 Å². The Morgan fingerprint density at radius 3 is 3.00 bits per heavy atom. The fraction of sp³-hybridized carbons (Fsp3) is 0.0769. The summed E-state index contributed by atoms with van der Waals surface area (Å²) in [6, 6.07) is 7.26. The number of H-pyrrole nitrogens is 1. The maximum absolute atomic E-state index is 11.4. The number of benzene rings is 1. The highest BCUT2D eigenvalue weighted by Gasteiger charge is 2.06. The van der Waals surface area contributed by atoms with Crippen LogP contribution in [-0.4, -0.2) is 25.7 Å². The third-order valence-corrected chi connectivity index (χ3v) is 2.75. The molecule has 0 radical (unpaired) electrons. The Kier molecular flexibility index (Phi) is 2.68. The number of nitrogens with zero attached hydrogens (tertiary/aromatic N) is 3. The van der Waals surface area contributed by atoms with Crippen LogP contribution in [0.4, 0.5) is 11.5 Å². The molecule has 0 saturated carbocycles. The minimum Gasteiger partial charge on any atom is -0.340 e. The largest absolute Gasteiger partial charge is 0.340 e. The van der Waals surface area contributed by atoms with Crippen LogP contribution < -0.4 is 5.32 Å². The van der Waals surface area contributed by atoms with Crippen molar-refractivity contribution in [1.29, 1.82) is 0 Å². The number of rotatable bonds is 3. The van der Waals surface area contributed by atoms with Gasteiger partial charge in [0.1, 0.15) is 11.8 Å². The molecule has 0 aliphatic rings. The van der Waals surface area contributed by atoms with E-state index in [-0.39, 0.29) is 5.78 Å². The van der Waals surface area contributed by atoms with Crippen molar-refractivity contribution in [2.75, 3.05) is 5.32 Å². The van der Waals surface area contributed by atoms with Crippen molar-refractivity contribution in [2.45, 2.75) is 6.92 Å². The van der Waals surface area contributed by atoms with Crippen molar-refractivity contribution >= 4 is 28.5 Å². The highest BCUT2D eigenvalue weighted by atomic mass is 16.1. The van der Waals surface area contributed by atoms with Gasteiger partial charge in [-0.15, -0.1) is 0 Å². The molecular formula is C13H11N5O. The second-order valence-electron chi connectivity index (χ2n) is 4.09. The average Bonchev–Trinajstić information content (AvgIpc) is 2.88. The lowest BCUT2D eigenvalue weighted by Gasteiger charge is -2.06. The number of hydrogen-bond acceptors (Lipinski definition) is 5. The lowest BCUT2D eigenvalue weighted by Crippen LogP contribution is -1.98. The van der Waals surface area contributed by atoms with Crippen molar-refractivity contribution in [3.8, 4) is 0 Å². The number of carbonyl (C=O) groups is 1. The molecule has 6 nitrogen and oxygen atoms in total. The van der Waals surface area contributed by atoms with Crippen LogP contribution in [0.2, 0.25) is 0 Å². The topological polar surface area (TPSA) is 83.6 Å². The summed E-state index contributed by atoms with van der Waals surface area (Å²) in [4.78, 5) is 26.6. The number of aromatic nitrogens is 4. The van der Waals surface area contributed by atoms with E-state index in [1.54, 1.807) is 18.5 Å². The molecule has 0 saturated heterocycles. The number of anilines is 2. The SMILES string of the molecule is CC(=O)c1cccc(Nc2ncnc3nc[nH]c23)c1. The number of imidazole rings is 1. The van der Waals surface area contributed by atoms with Gasteiger partial charge in [0.2, 0.25) is 0 Å². The molecule has 1 aromatic carbocycles. The monoisotopic (exact) mass is 253 g/mol. The lowest BCUT2D eigenvalue weighted by atomic mass is 10.1. The normalized spacial score (nSPS) is 10.6. The summed E-state index contributed by atoms with van der Waals surface area (Å²) in [5, 5.41) is 3.15. The van der Waals surface area contributed by atoms with E-state index in [9.17, 15) is 4.79 Å². The molecule has 3 aromatic rings. The molecular weight excluding hydrogens is 242 g/mol. The predicted octanol–water partition coefficient (Wildman–Crippen LogP) is 2.30. The van der Waals surface area contributed by atoms with Crippen LogP contribution in [0, 0.1) is 0 Å². The van der Waals surface area contributed by atoms with E-state index in [0.717, 1.165) is 11.2 Å². The number of nitrogens with one attached hydrogen (secondary N) is 2. The van der Waals surface area contributed by atoms with Crippen molar-refractivity contribution in [3.63, 3.8) is 0 Å². The number of Topliss-reactive ketones (excluding diaryl/α,β-unsaturated/α-hetero) is 1. The van der Waals surface area contributed by atoms with Gasteiger partial charge in [-0.2, -0.15) is 0 Å². The molecule has 0 aliphatic carbocycles.